The van der Waals surface area contributed by atoms with Crippen LogP contribution in [0.4, 0.5) is 0 Å². The summed E-state index contributed by atoms with van der Waals surface area (Å²) in [4.78, 5) is 42.8. The van der Waals surface area contributed by atoms with Gasteiger partial charge in [0.15, 0.2) is 5.11 Å². The molecule has 31 heavy (non-hydrogen) atoms. The number of aromatic nitrogens is 1. The zero-order valence-corrected chi connectivity index (χ0v) is 18.8. The van der Waals surface area contributed by atoms with Crippen molar-refractivity contribution >= 4 is 52.0 Å². The van der Waals surface area contributed by atoms with Crippen LogP contribution < -0.4 is 0 Å². The lowest BCUT2D eigenvalue weighted by molar-refractivity contribution is -0.133. The molecule has 4 rings (SSSR count). The number of benzene rings is 1. The van der Waals surface area contributed by atoms with Gasteiger partial charge in [-0.2, -0.15) is 0 Å². The van der Waals surface area contributed by atoms with Crippen LogP contribution in [0.25, 0.3) is 17.0 Å². The van der Waals surface area contributed by atoms with Gasteiger partial charge in [0.1, 0.15) is 12.1 Å². The summed E-state index contributed by atoms with van der Waals surface area (Å²) < 4.78 is 1.90. The molecule has 0 atom stereocenters. The van der Waals surface area contributed by atoms with Gasteiger partial charge in [-0.25, -0.2) is 0 Å². The van der Waals surface area contributed by atoms with Crippen molar-refractivity contribution in [3.63, 3.8) is 0 Å². The molecule has 2 aliphatic heterocycles. The first-order valence-corrected chi connectivity index (χ1v) is 10.9. The number of para-hydroxylation sites is 1. The van der Waals surface area contributed by atoms with Gasteiger partial charge in [0.2, 0.25) is 5.91 Å². The molecule has 2 saturated heterocycles. The van der Waals surface area contributed by atoms with E-state index in [1.54, 1.807) is 20.2 Å². The van der Waals surface area contributed by atoms with Crippen LogP contribution in [-0.2, 0) is 20.9 Å². The molecule has 2 fully saturated rings. The van der Waals surface area contributed by atoms with Crippen molar-refractivity contribution in [1.29, 1.82) is 0 Å². The highest BCUT2D eigenvalue weighted by atomic mass is 32.1. The fourth-order valence-electron chi connectivity index (χ4n) is 4.16. The molecule has 1 aromatic carbocycles. The highest BCUT2D eigenvalue weighted by Gasteiger charge is 2.35. The molecule has 3 amide bonds. The smallest absolute Gasteiger partial charge is 0.265 e. The van der Waals surface area contributed by atoms with Crippen LogP contribution in [0.2, 0.25) is 0 Å². The van der Waals surface area contributed by atoms with Crippen LogP contribution >= 0.6 is 12.2 Å². The number of likely N-dealkylation sites (N-methyl/N-ethyl adjacent to an activating group) is 2. The summed E-state index contributed by atoms with van der Waals surface area (Å²) in [7, 11) is 3.12. The molecule has 0 N–H and O–H groups in total. The number of thiocarbonyl (C=S) groups is 1. The van der Waals surface area contributed by atoms with E-state index in [-0.39, 0.29) is 23.1 Å². The van der Waals surface area contributed by atoms with E-state index in [4.69, 9.17) is 12.2 Å². The zero-order chi connectivity index (χ0) is 22.3. The topological polar surface area (TPSA) is 65.9 Å². The summed E-state index contributed by atoms with van der Waals surface area (Å²) in [6.07, 6.45) is 5.51. The van der Waals surface area contributed by atoms with Gasteiger partial charge in [0.25, 0.3) is 11.8 Å². The average molecular weight is 439 g/mol. The minimum absolute atomic E-state index is 0.0536. The first kappa shape index (κ1) is 21.2. The zero-order valence-electron chi connectivity index (χ0n) is 18.0. The summed E-state index contributed by atoms with van der Waals surface area (Å²) in [5.74, 6) is -0.113. The molecule has 0 bridgehead atoms. The fourth-order valence-corrected chi connectivity index (χ4v) is 4.32. The standard InChI is InChI=1S/C23H26N4O3S/c1-15-8-10-26(11-9-15)20(28)14-27-13-16(17-6-4-5-7-19(17)27)12-18-21(29)24(2)23(31)25(3)22(18)30/h4-7,12-13,15H,8-11,14H2,1-3H3. The van der Waals surface area contributed by atoms with Crippen molar-refractivity contribution < 1.29 is 14.4 Å². The van der Waals surface area contributed by atoms with Crippen molar-refractivity contribution in [2.75, 3.05) is 27.2 Å². The van der Waals surface area contributed by atoms with E-state index in [0.29, 0.717) is 5.92 Å². The number of piperidine rings is 1. The molecule has 0 unspecified atom stereocenters. The van der Waals surface area contributed by atoms with Gasteiger partial charge >= 0.3 is 0 Å². The van der Waals surface area contributed by atoms with Gasteiger partial charge < -0.3 is 9.47 Å². The Morgan fingerprint density at radius 1 is 1.10 bits per heavy atom. The molecule has 0 radical (unpaired) electrons. The molecular weight excluding hydrogens is 412 g/mol. The normalized spacial score (nSPS) is 18.4. The monoisotopic (exact) mass is 438 g/mol. The molecule has 0 aliphatic carbocycles. The van der Waals surface area contributed by atoms with E-state index in [1.165, 1.54) is 9.80 Å². The number of fused-ring (bicyclic) bond motifs is 1. The minimum Gasteiger partial charge on any atom is -0.341 e. The molecule has 0 spiro atoms. The summed E-state index contributed by atoms with van der Waals surface area (Å²) in [5.41, 5.74) is 1.67. The predicted molar refractivity (Wildman–Crippen MR) is 123 cm³/mol. The SMILES string of the molecule is CC1CCN(C(=O)Cn2cc(C=C3C(=O)N(C)C(=S)N(C)C3=O)c3ccccc32)CC1. The van der Waals surface area contributed by atoms with Crippen molar-refractivity contribution in [3.8, 4) is 0 Å². The van der Waals surface area contributed by atoms with Crippen LogP contribution in [0, 0.1) is 5.92 Å². The molecular formula is C23H26N4O3S. The van der Waals surface area contributed by atoms with E-state index in [0.717, 1.165) is 42.4 Å². The largest absolute Gasteiger partial charge is 0.341 e. The highest BCUT2D eigenvalue weighted by Crippen LogP contribution is 2.26. The van der Waals surface area contributed by atoms with E-state index in [1.807, 2.05) is 39.9 Å². The summed E-state index contributed by atoms with van der Waals surface area (Å²) >= 11 is 5.16. The first-order chi connectivity index (χ1) is 14.8. The number of hydrogen-bond donors (Lipinski definition) is 0. The maximum absolute atomic E-state index is 12.9. The molecule has 2 aliphatic rings. The predicted octanol–water partition coefficient (Wildman–Crippen LogP) is 2.50. The second kappa shape index (κ2) is 8.26. The van der Waals surface area contributed by atoms with Gasteiger partial charge in [0, 0.05) is 49.8 Å². The third kappa shape index (κ3) is 3.87. The van der Waals surface area contributed by atoms with Crippen molar-refractivity contribution in [3.05, 3.63) is 41.6 Å². The van der Waals surface area contributed by atoms with Crippen LogP contribution in [-0.4, -0.2) is 69.3 Å². The summed E-state index contributed by atoms with van der Waals surface area (Å²) in [6.45, 7) is 4.02. The molecule has 1 aromatic heterocycles. The van der Waals surface area contributed by atoms with E-state index >= 15 is 0 Å². The molecule has 7 nitrogen and oxygen atoms in total. The van der Waals surface area contributed by atoms with Crippen LogP contribution in [0.5, 0.6) is 0 Å². The second-order valence-electron chi connectivity index (χ2n) is 8.36. The van der Waals surface area contributed by atoms with Crippen molar-refractivity contribution in [1.82, 2.24) is 19.3 Å². The van der Waals surface area contributed by atoms with Gasteiger partial charge in [-0.3, -0.25) is 24.2 Å². The Morgan fingerprint density at radius 3 is 2.35 bits per heavy atom. The molecule has 8 heteroatoms. The third-order valence-electron chi connectivity index (χ3n) is 6.21. The Morgan fingerprint density at radius 2 is 1.71 bits per heavy atom. The lowest BCUT2D eigenvalue weighted by Gasteiger charge is -2.31. The van der Waals surface area contributed by atoms with E-state index < -0.39 is 11.8 Å². The molecule has 162 valence electrons. The second-order valence-corrected chi connectivity index (χ2v) is 8.73. The summed E-state index contributed by atoms with van der Waals surface area (Å²) in [5, 5.41) is 1.06. The summed E-state index contributed by atoms with van der Waals surface area (Å²) in [6, 6.07) is 7.70. The highest BCUT2D eigenvalue weighted by molar-refractivity contribution is 7.80. The lowest BCUT2D eigenvalue weighted by Crippen LogP contribution is -2.52. The van der Waals surface area contributed by atoms with Gasteiger partial charge in [-0.05, 0) is 43.1 Å². The Kier molecular flexibility index (Phi) is 5.66. The molecule has 3 heterocycles. The Bertz CT molecular complexity index is 1090. The number of likely N-dealkylation sites (tertiary alicyclic amines) is 1. The van der Waals surface area contributed by atoms with E-state index in [2.05, 4.69) is 6.92 Å². The maximum atomic E-state index is 12.9. The Labute approximate surface area is 186 Å². The van der Waals surface area contributed by atoms with Gasteiger partial charge in [-0.1, -0.05) is 25.1 Å². The number of carbonyl (C=O) groups excluding carboxylic acids is 3. The number of hydrogen-bond acceptors (Lipinski definition) is 4. The van der Waals surface area contributed by atoms with Crippen LogP contribution in [0.3, 0.4) is 0 Å². The van der Waals surface area contributed by atoms with Crippen molar-refractivity contribution in [2.24, 2.45) is 5.92 Å². The van der Waals surface area contributed by atoms with Crippen LogP contribution in [0.1, 0.15) is 25.3 Å². The number of rotatable bonds is 3. The lowest BCUT2D eigenvalue weighted by atomic mass is 9.99. The number of nitrogens with zero attached hydrogens (tertiary/aromatic N) is 4. The Hall–Kier alpha value is -3.00. The Balaban J connectivity index is 1.68. The van der Waals surface area contributed by atoms with Crippen LogP contribution in [0.15, 0.2) is 36.0 Å². The first-order valence-electron chi connectivity index (χ1n) is 10.5. The number of carbonyl (C=O) groups is 3. The molecule has 2 aromatic rings. The number of amides is 3. The molecule has 0 saturated carbocycles. The maximum Gasteiger partial charge on any atom is 0.265 e. The average Bonchev–Trinajstić information content (AvgIpc) is 3.11. The van der Waals surface area contributed by atoms with Crippen molar-refractivity contribution in [2.45, 2.75) is 26.3 Å². The van der Waals surface area contributed by atoms with Gasteiger partial charge in [0.05, 0.1) is 0 Å². The van der Waals surface area contributed by atoms with Gasteiger partial charge in [-0.15, -0.1) is 0 Å². The minimum atomic E-state index is -0.427. The quantitative estimate of drug-likeness (QED) is 0.420. The fraction of sp³-hybridized carbons (Fsp3) is 0.391. The third-order valence-corrected chi connectivity index (χ3v) is 6.75. The van der Waals surface area contributed by atoms with E-state index in [9.17, 15) is 14.4 Å².